The van der Waals surface area contributed by atoms with Gasteiger partial charge in [0, 0.05) is 41.8 Å². The van der Waals surface area contributed by atoms with Gasteiger partial charge < -0.3 is 35.1 Å². The van der Waals surface area contributed by atoms with E-state index in [1.54, 1.807) is 42.3 Å². The first-order valence-corrected chi connectivity index (χ1v) is 23.1. The third kappa shape index (κ3) is 16.9. The van der Waals surface area contributed by atoms with E-state index in [9.17, 15) is 28.8 Å². The van der Waals surface area contributed by atoms with Crippen LogP contribution in [0.3, 0.4) is 0 Å². The highest BCUT2D eigenvalue weighted by molar-refractivity contribution is 5.96. The fourth-order valence-corrected chi connectivity index (χ4v) is 8.22. The summed E-state index contributed by atoms with van der Waals surface area (Å²) in [5.41, 5.74) is 1.10. The summed E-state index contributed by atoms with van der Waals surface area (Å²) >= 11 is 0. The van der Waals surface area contributed by atoms with Crippen molar-refractivity contribution < 1.29 is 28.8 Å². The molecule has 0 aromatic heterocycles. The van der Waals surface area contributed by atoms with E-state index in [1.807, 2.05) is 113 Å². The molecule has 0 unspecified atom stereocenters. The molecule has 13 heteroatoms. The molecule has 0 saturated carbocycles. The van der Waals surface area contributed by atoms with Crippen molar-refractivity contribution in [1.82, 2.24) is 35.1 Å². The van der Waals surface area contributed by atoms with E-state index < -0.39 is 48.1 Å². The second-order valence-corrected chi connectivity index (χ2v) is 20.0. The molecule has 2 N–H and O–H groups in total. The van der Waals surface area contributed by atoms with Crippen LogP contribution in [-0.2, 0) is 35.2 Å². The molecule has 6 atom stereocenters. The Balaban J connectivity index is 3.55. The van der Waals surface area contributed by atoms with Crippen LogP contribution in [0.2, 0.25) is 0 Å². The Hall–Kier alpha value is -4.00. The summed E-state index contributed by atoms with van der Waals surface area (Å²) < 4.78 is 0. The van der Waals surface area contributed by atoms with E-state index >= 15 is 0 Å². The molecule has 1 rings (SSSR count). The fourth-order valence-electron chi connectivity index (χ4n) is 8.22. The van der Waals surface area contributed by atoms with Gasteiger partial charge >= 0.3 is 0 Å². The number of benzene rings is 1. The highest BCUT2D eigenvalue weighted by Gasteiger charge is 2.43. The first kappa shape index (κ1) is 56.0. The fraction of sp³-hybridized carbons (Fsp3) is 0.755. The first-order chi connectivity index (χ1) is 28.8. The van der Waals surface area contributed by atoms with Crippen LogP contribution >= 0.6 is 0 Å². The SMILES string of the molecule is CN[C@@H](CC(C)C)C(=O)N(C)[C@@H](CC(C)C)C(=O)N(C)[C@@H](CC(C)C)C(=O)N(C)[C@H](C(=O)N(C)[C@@H](CC(C)C)C(=O)N(C)[C@@H](CC(C)C)C(=O)NCCc1ccccc1)C(C)C. The minimum Gasteiger partial charge on any atom is -0.354 e. The number of nitrogens with one attached hydrogen (secondary N) is 2. The van der Waals surface area contributed by atoms with Crippen molar-refractivity contribution >= 4 is 35.4 Å². The van der Waals surface area contributed by atoms with Gasteiger partial charge in [-0.1, -0.05) is 113 Å². The Morgan fingerprint density at radius 2 is 0.823 bits per heavy atom. The topological polar surface area (TPSA) is 143 Å². The van der Waals surface area contributed by atoms with Crippen molar-refractivity contribution in [2.75, 3.05) is 48.8 Å². The lowest BCUT2D eigenvalue weighted by Gasteiger charge is -2.41. The molecule has 0 fully saturated rings. The van der Waals surface area contributed by atoms with Crippen LogP contribution in [-0.4, -0.2) is 145 Å². The van der Waals surface area contributed by atoms with Gasteiger partial charge in [-0.2, -0.15) is 0 Å². The molecule has 13 nitrogen and oxygen atoms in total. The Kier molecular flexibility index (Phi) is 24.0. The van der Waals surface area contributed by atoms with Crippen LogP contribution in [0.1, 0.15) is 121 Å². The highest BCUT2D eigenvalue weighted by Crippen LogP contribution is 2.25. The zero-order valence-electron chi connectivity index (χ0n) is 42.0. The van der Waals surface area contributed by atoms with Crippen LogP contribution in [0.15, 0.2) is 30.3 Å². The monoisotopic (exact) mass is 870 g/mol. The van der Waals surface area contributed by atoms with E-state index in [0.717, 1.165) is 5.56 Å². The Labute approximate surface area is 376 Å². The molecule has 1 aromatic rings. The molecule has 0 bridgehead atoms. The molecule has 354 valence electrons. The third-order valence-electron chi connectivity index (χ3n) is 11.8. The summed E-state index contributed by atoms with van der Waals surface area (Å²) in [4.78, 5) is 93.7. The molecular weight excluding hydrogens is 783 g/mol. The van der Waals surface area contributed by atoms with Crippen molar-refractivity contribution in [2.24, 2.45) is 35.5 Å². The average Bonchev–Trinajstić information content (AvgIpc) is 3.19. The molecular formula is C49H87N7O6. The number of hydrogen-bond donors (Lipinski definition) is 2. The lowest BCUT2D eigenvalue weighted by Crippen LogP contribution is -2.61. The van der Waals surface area contributed by atoms with Gasteiger partial charge in [-0.05, 0) is 86.6 Å². The van der Waals surface area contributed by atoms with Gasteiger partial charge in [0.25, 0.3) is 0 Å². The second kappa shape index (κ2) is 26.6. The zero-order valence-corrected chi connectivity index (χ0v) is 42.0. The summed E-state index contributed by atoms with van der Waals surface area (Å²) in [5.74, 6) is -1.75. The number of carbonyl (C=O) groups excluding carboxylic acids is 6. The van der Waals surface area contributed by atoms with Gasteiger partial charge in [0.05, 0.1) is 6.04 Å². The molecule has 0 spiro atoms. The predicted molar refractivity (Wildman–Crippen MR) is 251 cm³/mol. The molecule has 6 amide bonds. The van der Waals surface area contributed by atoms with Crippen LogP contribution in [0, 0.1) is 35.5 Å². The van der Waals surface area contributed by atoms with Crippen molar-refractivity contribution in [1.29, 1.82) is 0 Å². The van der Waals surface area contributed by atoms with E-state index in [-0.39, 0.29) is 59.1 Å². The molecule has 0 heterocycles. The summed E-state index contributed by atoms with van der Waals surface area (Å²) in [7, 11) is 9.87. The standard InChI is InChI=1S/C49H87N7O6/c1-31(2)26-38(50-13)45(58)53(15)40(28-33(5)6)47(60)54(16)42(30-35(9)10)48(61)56(18)43(36(11)12)49(62)55(17)41(29-34(7)8)46(59)52(14)39(27-32(3)4)44(57)51-25-24-37-22-20-19-21-23-37/h19-23,31-36,38-43,50H,24-30H2,1-18H3,(H,51,57)/t38-,39-,40-,41-,42-,43-/m0/s1. The van der Waals surface area contributed by atoms with Gasteiger partial charge in [-0.15, -0.1) is 0 Å². The predicted octanol–water partition coefficient (Wildman–Crippen LogP) is 5.95. The number of rotatable bonds is 26. The lowest BCUT2D eigenvalue weighted by atomic mass is 9.94. The third-order valence-corrected chi connectivity index (χ3v) is 11.8. The van der Waals surface area contributed by atoms with E-state index in [1.165, 1.54) is 24.5 Å². The Bertz CT molecular complexity index is 1560. The summed E-state index contributed by atoms with van der Waals surface area (Å²) in [6.07, 6.45) is 2.80. The van der Waals surface area contributed by atoms with Crippen LogP contribution in [0.5, 0.6) is 0 Å². The van der Waals surface area contributed by atoms with Gasteiger partial charge in [-0.3, -0.25) is 28.8 Å². The summed E-state index contributed by atoms with van der Waals surface area (Å²) in [6.45, 7) is 24.2. The molecule has 0 aliphatic heterocycles. The van der Waals surface area contributed by atoms with Gasteiger partial charge in [0.15, 0.2) is 0 Å². The van der Waals surface area contributed by atoms with E-state index in [2.05, 4.69) is 10.6 Å². The summed E-state index contributed by atoms with van der Waals surface area (Å²) in [6, 6.07) is 5.09. The molecule has 0 aliphatic carbocycles. The quantitative estimate of drug-likeness (QED) is 0.117. The molecule has 1 aromatic carbocycles. The van der Waals surface area contributed by atoms with Gasteiger partial charge in [0.2, 0.25) is 35.4 Å². The lowest BCUT2D eigenvalue weighted by molar-refractivity contribution is -0.157. The van der Waals surface area contributed by atoms with Crippen molar-refractivity contribution in [3.8, 4) is 0 Å². The van der Waals surface area contributed by atoms with E-state index in [0.29, 0.717) is 45.1 Å². The second-order valence-electron chi connectivity index (χ2n) is 20.0. The maximum Gasteiger partial charge on any atom is 0.246 e. The van der Waals surface area contributed by atoms with Crippen LogP contribution < -0.4 is 10.6 Å². The van der Waals surface area contributed by atoms with Crippen molar-refractivity contribution in [3.05, 3.63) is 35.9 Å². The number of hydrogen-bond acceptors (Lipinski definition) is 7. The van der Waals surface area contributed by atoms with E-state index in [4.69, 9.17) is 0 Å². The van der Waals surface area contributed by atoms with Crippen molar-refractivity contribution in [3.63, 3.8) is 0 Å². The maximum atomic E-state index is 14.8. The van der Waals surface area contributed by atoms with Gasteiger partial charge in [0.1, 0.15) is 30.2 Å². The molecule has 0 aliphatic rings. The number of nitrogens with zero attached hydrogens (tertiary/aromatic N) is 5. The summed E-state index contributed by atoms with van der Waals surface area (Å²) in [5, 5.41) is 6.16. The smallest absolute Gasteiger partial charge is 0.246 e. The molecule has 0 radical (unpaired) electrons. The Morgan fingerprint density at radius 1 is 0.468 bits per heavy atom. The molecule has 0 saturated heterocycles. The number of likely N-dealkylation sites (N-methyl/N-ethyl adjacent to an activating group) is 6. The number of carbonyl (C=O) groups is 6. The maximum absolute atomic E-state index is 14.8. The minimum absolute atomic E-state index is 0.0176. The average molecular weight is 870 g/mol. The largest absolute Gasteiger partial charge is 0.354 e. The minimum atomic E-state index is -0.964. The van der Waals surface area contributed by atoms with Gasteiger partial charge in [-0.25, -0.2) is 0 Å². The Morgan fingerprint density at radius 3 is 1.21 bits per heavy atom. The van der Waals surface area contributed by atoms with Crippen LogP contribution in [0.25, 0.3) is 0 Å². The van der Waals surface area contributed by atoms with Crippen molar-refractivity contribution in [2.45, 2.75) is 158 Å². The van der Waals surface area contributed by atoms with Crippen LogP contribution in [0.4, 0.5) is 0 Å². The highest BCUT2D eigenvalue weighted by atomic mass is 16.2. The first-order valence-electron chi connectivity index (χ1n) is 23.1. The molecule has 62 heavy (non-hydrogen) atoms. The zero-order chi connectivity index (χ0) is 47.8. The normalized spacial score (nSPS) is 14.7. The number of amides is 6.